The van der Waals surface area contributed by atoms with Crippen LogP contribution in [0.25, 0.3) is 88.8 Å². The van der Waals surface area contributed by atoms with Crippen molar-refractivity contribution in [1.82, 2.24) is 24.1 Å². The number of hydrogen-bond acceptors (Lipinski definition) is 4. The van der Waals surface area contributed by atoms with E-state index in [0.29, 0.717) is 11.8 Å². The summed E-state index contributed by atoms with van der Waals surface area (Å²) in [6, 6.07) is 48.4. The summed E-state index contributed by atoms with van der Waals surface area (Å²) < 4.78 is 10.7. The van der Waals surface area contributed by atoms with Crippen molar-refractivity contribution in [3.05, 3.63) is 140 Å². The van der Waals surface area contributed by atoms with Gasteiger partial charge in [0.25, 0.3) is 0 Å². The Morgan fingerprint density at radius 2 is 1.11 bits per heavy atom. The predicted octanol–water partition coefficient (Wildman–Crippen LogP) is 9.61. The van der Waals surface area contributed by atoms with Crippen molar-refractivity contribution in [2.24, 2.45) is 0 Å². The van der Waals surface area contributed by atoms with Gasteiger partial charge in [0.2, 0.25) is 11.8 Å². The van der Waals surface area contributed by atoms with Crippen LogP contribution >= 0.6 is 0 Å². The molecule has 0 spiro atoms. The highest BCUT2D eigenvalue weighted by atomic mass is 16.4. The van der Waals surface area contributed by atoms with Gasteiger partial charge in [0.05, 0.1) is 27.6 Å². The highest BCUT2D eigenvalue weighted by Crippen LogP contribution is 2.41. The van der Waals surface area contributed by atoms with Crippen LogP contribution in [0.2, 0.25) is 0 Å². The van der Waals surface area contributed by atoms with Crippen molar-refractivity contribution in [2.45, 2.75) is 0 Å². The smallest absolute Gasteiger partial charge is 0.248 e. The Morgan fingerprint density at radius 1 is 0.467 bits per heavy atom. The molecule has 0 fully saturated rings. The topological polar surface area (TPSA) is 61.2 Å². The van der Waals surface area contributed by atoms with Crippen molar-refractivity contribution >= 4 is 60.2 Å². The van der Waals surface area contributed by atoms with E-state index in [1.54, 1.807) is 0 Å². The Kier molecular flexibility index (Phi) is 4.90. The molecule has 4 heterocycles. The maximum atomic E-state index is 6.04. The van der Waals surface area contributed by atoms with Crippen LogP contribution in [-0.4, -0.2) is 24.1 Å². The van der Waals surface area contributed by atoms with E-state index in [-0.39, 0.29) is 0 Å². The highest BCUT2D eigenvalue weighted by Gasteiger charge is 2.20. The molecule has 0 aliphatic heterocycles. The number of para-hydroxylation sites is 3. The third-order valence-electron chi connectivity index (χ3n) is 8.87. The number of aromatic nitrogens is 5. The lowest BCUT2D eigenvalue weighted by Crippen LogP contribution is -1.95. The highest BCUT2D eigenvalue weighted by molar-refractivity contribution is 6.26. The molecule has 0 atom stereocenters. The quantitative estimate of drug-likeness (QED) is 0.196. The summed E-state index contributed by atoms with van der Waals surface area (Å²) >= 11 is 0. The molecule has 4 aromatic heterocycles. The first-order valence-corrected chi connectivity index (χ1v) is 15.0. The van der Waals surface area contributed by atoms with E-state index in [2.05, 4.69) is 116 Å². The summed E-state index contributed by atoms with van der Waals surface area (Å²) in [5.41, 5.74) is 9.34. The second-order valence-electron chi connectivity index (χ2n) is 11.3. The van der Waals surface area contributed by atoms with Gasteiger partial charge in [-0.1, -0.05) is 78.9 Å². The van der Waals surface area contributed by atoms with E-state index in [1.165, 1.54) is 27.1 Å². The van der Waals surface area contributed by atoms with Gasteiger partial charge in [-0.2, -0.15) is 0 Å². The number of nitrogens with zero attached hydrogens (tertiary/aromatic N) is 5. The largest absolute Gasteiger partial charge is 0.416 e. The molecule has 6 heteroatoms. The Hall–Kier alpha value is -6.27. The Balaban J connectivity index is 1.24. The zero-order valence-corrected chi connectivity index (χ0v) is 23.9. The number of rotatable bonds is 3. The fourth-order valence-corrected chi connectivity index (χ4v) is 6.91. The lowest BCUT2D eigenvalue weighted by atomic mass is 10.0. The van der Waals surface area contributed by atoms with Gasteiger partial charge >= 0.3 is 0 Å². The standard InChI is InChI=1S/C39H23N5O/c1-2-10-24(11-3-1)38-41-42-39(45-38)25-18-20-26(21-19-25)43-32-16-8-6-14-30(32)35-34(43)23-22-28-27-12-4-5-13-29(27)37-40-31-15-7-9-17-33(31)44(37)36(28)35/h1-23H. The average Bonchev–Trinajstić information content (AvgIpc) is 3.84. The first-order chi connectivity index (χ1) is 22.3. The summed E-state index contributed by atoms with van der Waals surface area (Å²) in [5.74, 6) is 1.00. The average molecular weight is 578 g/mol. The molecular weight excluding hydrogens is 554 g/mol. The van der Waals surface area contributed by atoms with E-state index in [9.17, 15) is 0 Å². The fraction of sp³-hybridized carbons (Fsp3) is 0. The fourth-order valence-electron chi connectivity index (χ4n) is 6.91. The van der Waals surface area contributed by atoms with Gasteiger partial charge in [0, 0.05) is 38.4 Å². The SMILES string of the molecule is c1ccc(-c2nnc(-c3ccc(-n4c5ccccc5c5c4ccc4c6ccccc6c6nc7ccccc7n6c45)cc3)o2)cc1. The summed E-state index contributed by atoms with van der Waals surface area (Å²) in [7, 11) is 0. The normalized spacial score (nSPS) is 12.0. The van der Waals surface area contributed by atoms with Crippen LogP contribution in [-0.2, 0) is 0 Å². The lowest BCUT2D eigenvalue weighted by Gasteiger charge is -2.12. The minimum absolute atomic E-state index is 0.495. The third kappa shape index (κ3) is 3.42. The molecule has 0 radical (unpaired) electrons. The van der Waals surface area contributed by atoms with Crippen LogP contribution in [0.3, 0.4) is 0 Å². The Bertz CT molecular complexity index is 2750. The van der Waals surface area contributed by atoms with Crippen molar-refractivity contribution in [3.63, 3.8) is 0 Å². The van der Waals surface area contributed by atoms with Gasteiger partial charge in [-0.05, 0) is 66.0 Å². The predicted molar refractivity (Wildman–Crippen MR) is 181 cm³/mol. The minimum Gasteiger partial charge on any atom is -0.416 e. The Labute approximate surface area is 256 Å². The van der Waals surface area contributed by atoms with Gasteiger partial charge in [-0.15, -0.1) is 10.2 Å². The number of hydrogen-bond donors (Lipinski definition) is 0. The molecular formula is C39H23N5O. The van der Waals surface area contributed by atoms with Crippen LogP contribution in [0.1, 0.15) is 0 Å². The van der Waals surface area contributed by atoms with Gasteiger partial charge in [0.1, 0.15) is 5.65 Å². The number of benzene rings is 6. The summed E-state index contributed by atoms with van der Waals surface area (Å²) in [5, 5.41) is 14.6. The maximum Gasteiger partial charge on any atom is 0.248 e. The molecule has 0 saturated heterocycles. The van der Waals surface area contributed by atoms with Crippen LogP contribution in [0.15, 0.2) is 144 Å². The van der Waals surface area contributed by atoms with E-state index in [4.69, 9.17) is 9.40 Å². The van der Waals surface area contributed by atoms with Crippen molar-refractivity contribution in [3.8, 4) is 28.6 Å². The molecule has 0 N–H and O–H groups in total. The summed E-state index contributed by atoms with van der Waals surface area (Å²) in [6.45, 7) is 0. The van der Waals surface area contributed by atoms with Crippen molar-refractivity contribution < 1.29 is 4.42 Å². The van der Waals surface area contributed by atoms with Crippen molar-refractivity contribution in [1.29, 1.82) is 0 Å². The third-order valence-corrected chi connectivity index (χ3v) is 8.87. The molecule has 6 aromatic carbocycles. The molecule has 0 unspecified atom stereocenters. The molecule has 0 bridgehead atoms. The second kappa shape index (κ2) is 9.11. The van der Waals surface area contributed by atoms with Gasteiger partial charge < -0.3 is 8.98 Å². The number of fused-ring (bicyclic) bond motifs is 12. The van der Waals surface area contributed by atoms with Crippen LogP contribution in [0.4, 0.5) is 0 Å². The monoisotopic (exact) mass is 577 g/mol. The second-order valence-corrected chi connectivity index (χ2v) is 11.3. The molecule has 10 aromatic rings. The van der Waals surface area contributed by atoms with E-state index in [1.807, 2.05) is 42.5 Å². The first-order valence-electron chi connectivity index (χ1n) is 15.0. The molecule has 210 valence electrons. The maximum absolute atomic E-state index is 6.04. The van der Waals surface area contributed by atoms with E-state index < -0.39 is 0 Å². The lowest BCUT2D eigenvalue weighted by molar-refractivity contribution is 0.584. The number of imidazole rings is 1. The van der Waals surface area contributed by atoms with E-state index >= 15 is 0 Å². The Morgan fingerprint density at radius 3 is 1.91 bits per heavy atom. The van der Waals surface area contributed by atoms with Gasteiger partial charge in [0.15, 0.2) is 0 Å². The molecule has 0 aliphatic rings. The van der Waals surface area contributed by atoms with Crippen LogP contribution in [0.5, 0.6) is 0 Å². The summed E-state index contributed by atoms with van der Waals surface area (Å²) in [4.78, 5) is 5.14. The first kappa shape index (κ1) is 24.2. The molecule has 10 rings (SSSR count). The van der Waals surface area contributed by atoms with E-state index in [0.717, 1.165) is 49.9 Å². The molecule has 0 aliphatic carbocycles. The number of pyridine rings is 1. The van der Waals surface area contributed by atoms with Gasteiger partial charge in [-0.25, -0.2) is 4.98 Å². The summed E-state index contributed by atoms with van der Waals surface area (Å²) in [6.07, 6.45) is 0. The van der Waals surface area contributed by atoms with Crippen molar-refractivity contribution in [2.75, 3.05) is 0 Å². The molecule has 0 saturated carbocycles. The van der Waals surface area contributed by atoms with Crippen LogP contribution in [0, 0.1) is 0 Å². The zero-order valence-electron chi connectivity index (χ0n) is 23.9. The molecule has 0 amide bonds. The molecule has 6 nitrogen and oxygen atoms in total. The minimum atomic E-state index is 0.495. The van der Waals surface area contributed by atoms with Crippen LogP contribution < -0.4 is 0 Å². The zero-order chi connectivity index (χ0) is 29.5. The van der Waals surface area contributed by atoms with Gasteiger partial charge in [-0.3, -0.25) is 4.40 Å². The molecule has 45 heavy (non-hydrogen) atoms.